The third-order valence-corrected chi connectivity index (χ3v) is 4.79. The first-order chi connectivity index (χ1) is 14.5. The van der Waals surface area contributed by atoms with Gasteiger partial charge in [-0.1, -0.05) is 30.3 Å². The molecule has 1 unspecified atom stereocenters. The largest absolute Gasteiger partial charge is 0.497 e. The van der Waals surface area contributed by atoms with E-state index in [4.69, 9.17) is 20.5 Å². The molecule has 0 fully saturated rings. The van der Waals surface area contributed by atoms with E-state index >= 15 is 0 Å². The Hall–Kier alpha value is -3.98. The smallest absolute Gasteiger partial charge is 0.244 e. The van der Waals surface area contributed by atoms with Gasteiger partial charge >= 0.3 is 0 Å². The summed E-state index contributed by atoms with van der Waals surface area (Å²) >= 11 is 0. The van der Waals surface area contributed by atoms with Gasteiger partial charge in [0.2, 0.25) is 5.91 Å². The number of nitrogens with zero attached hydrogens (tertiary/aromatic N) is 2. The van der Waals surface area contributed by atoms with Gasteiger partial charge in [0, 0.05) is 18.3 Å². The van der Waals surface area contributed by atoms with Gasteiger partial charge in [0.1, 0.15) is 17.5 Å². The molecule has 152 valence electrons. The molecule has 1 amide bonds. The summed E-state index contributed by atoms with van der Waals surface area (Å²) in [5.74, 6) is 0.621. The van der Waals surface area contributed by atoms with E-state index in [1.165, 1.54) is 0 Å². The molecule has 0 radical (unpaired) electrons. The van der Waals surface area contributed by atoms with Crippen molar-refractivity contribution in [2.45, 2.75) is 12.6 Å². The van der Waals surface area contributed by atoms with Gasteiger partial charge in [0.25, 0.3) is 0 Å². The quantitative estimate of drug-likeness (QED) is 0.620. The van der Waals surface area contributed by atoms with Crippen LogP contribution < -0.4 is 20.1 Å². The van der Waals surface area contributed by atoms with Crippen LogP contribution >= 0.6 is 0 Å². The van der Waals surface area contributed by atoms with E-state index in [1.54, 1.807) is 44.6 Å². The van der Waals surface area contributed by atoms with Crippen molar-refractivity contribution >= 4 is 11.6 Å². The first-order valence-electron chi connectivity index (χ1n) is 9.38. The van der Waals surface area contributed by atoms with Crippen LogP contribution in [0.3, 0.4) is 0 Å². The maximum absolute atomic E-state index is 12.7. The number of amides is 1. The number of rotatable bonds is 8. The number of nitriles is 1. The first-order valence-corrected chi connectivity index (χ1v) is 9.38. The Kier molecular flexibility index (Phi) is 6.56. The highest BCUT2D eigenvalue weighted by atomic mass is 16.5. The van der Waals surface area contributed by atoms with Crippen molar-refractivity contribution in [3.8, 4) is 17.6 Å². The van der Waals surface area contributed by atoms with Crippen LogP contribution in [-0.2, 0) is 11.3 Å². The lowest BCUT2D eigenvalue weighted by Crippen LogP contribution is -2.37. The lowest BCUT2D eigenvalue weighted by molar-refractivity contribution is -0.119. The number of hydrogen-bond acceptors (Lipinski definition) is 5. The summed E-state index contributed by atoms with van der Waals surface area (Å²) in [6, 6.07) is 23.5. The number of ether oxygens (including phenoxy) is 2. The zero-order valence-corrected chi connectivity index (χ0v) is 16.9. The average Bonchev–Trinajstić information content (AvgIpc) is 2.79. The summed E-state index contributed by atoms with van der Waals surface area (Å²) in [5, 5.41) is 9.13. The van der Waals surface area contributed by atoms with Crippen LogP contribution in [0.4, 0.5) is 5.69 Å². The van der Waals surface area contributed by atoms with Crippen LogP contribution in [0.5, 0.6) is 11.5 Å². The molecule has 0 aliphatic heterocycles. The summed E-state index contributed by atoms with van der Waals surface area (Å²) in [6.07, 6.45) is 0. The van der Waals surface area contributed by atoms with Gasteiger partial charge in [-0.05, 0) is 47.5 Å². The van der Waals surface area contributed by atoms with Gasteiger partial charge < -0.3 is 20.1 Å². The van der Waals surface area contributed by atoms with Crippen molar-refractivity contribution in [3.05, 3.63) is 89.5 Å². The molecule has 0 aliphatic carbocycles. The molecule has 3 aromatic carbocycles. The van der Waals surface area contributed by atoms with Crippen LogP contribution in [0.2, 0.25) is 0 Å². The van der Waals surface area contributed by atoms with E-state index in [0.717, 1.165) is 11.3 Å². The van der Waals surface area contributed by atoms with Crippen molar-refractivity contribution in [2.24, 2.45) is 5.73 Å². The molecule has 6 heteroatoms. The number of hydrogen-bond donors (Lipinski definition) is 1. The number of carbonyl (C=O) groups is 1. The Balaban J connectivity index is 2.12. The Labute approximate surface area is 176 Å². The molecule has 0 bridgehead atoms. The number of anilines is 1. The summed E-state index contributed by atoms with van der Waals surface area (Å²) in [7, 11) is 3.11. The Morgan fingerprint density at radius 2 is 1.60 bits per heavy atom. The van der Waals surface area contributed by atoms with Crippen molar-refractivity contribution in [1.82, 2.24) is 0 Å². The highest BCUT2D eigenvalue weighted by Crippen LogP contribution is 2.33. The Bertz CT molecular complexity index is 1020. The molecule has 1 atom stereocenters. The fraction of sp³-hybridized carbons (Fsp3) is 0.167. The van der Waals surface area contributed by atoms with Crippen LogP contribution in [0.25, 0.3) is 0 Å². The molecule has 0 saturated carbocycles. The monoisotopic (exact) mass is 401 g/mol. The van der Waals surface area contributed by atoms with E-state index in [9.17, 15) is 4.79 Å². The highest BCUT2D eigenvalue weighted by molar-refractivity contribution is 5.85. The van der Waals surface area contributed by atoms with Gasteiger partial charge in [-0.25, -0.2) is 0 Å². The zero-order valence-electron chi connectivity index (χ0n) is 16.9. The highest BCUT2D eigenvalue weighted by Gasteiger charge is 2.27. The minimum atomic E-state index is -0.776. The lowest BCUT2D eigenvalue weighted by atomic mass is 10.0. The molecule has 0 heterocycles. The lowest BCUT2D eigenvalue weighted by Gasteiger charge is -2.32. The fourth-order valence-corrected chi connectivity index (χ4v) is 3.32. The minimum Gasteiger partial charge on any atom is -0.497 e. The van der Waals surface area contributed by atoms with Crippen molar-refractivity contribution in [2.75, 3.05) is 19.1 Å². The fourth-order valence-electron chi connectivity index (χ4n) is 3.32. The van der Waals surface area contributed by atoms with Gasteiger partial charge in [-0.2, -0.15) is 5.26 Å². The molecule has 3 aromatic rings. The molecule has 0 aliphatic rings. The molecule has 0 spiro atoms. The van der Waals surface area contributed by atoms with Crippen LogP contribution in [-0.4, -0.2) is 20.1 Å². The van der Waals surface area contributed by atoms with Crippen molar-refractivity contribution in [1.29, 1.82) is 5.26 Å². The van der Waals surface area contributed by atoms with E-state index < -0.39 is 11.9 Å². The second kappa shape index (κ2) is 9.48. The van der Waals surface area contributed by atoms with Gasteiger partial charge in [0.05, 0.1) is 25.9 Å². The molecule has 0 aromatic heterocycles. The summed E-state index contributed by atoms with van der Waals surface area (Å²) in [5.41, 5.74) is 8.86. The van der Waals surface area contributed by atoms with Crippen molar-refractivity contribution < 1.29 is 14.3 Å². The zero-order chi connectivity index (χ0) is 21.5. The molecule has 3 rings (SSSR count). The number of benzene rings is 3. The predicted molar refractivity (Wildman–Crippen MR) is 115 cm³/mol. The summed E-state index contributed by atoms with van der Waals surface area (Å²) < 4.78 is 10.7. The number of carbonyl (C=O) groups excluding carboxylic acids is 1. The Morgan fingerprint density at radius 3 is 2.10 bits per heavy atom. The summed E-state index contributed by atoms with van der Waals surface area (Å²) in [6.45, 7) is 0.444. The van der Waals surface area contributed by atoms with E-state index in [-0.39, 0.29) is 0 Å². The van der Waals surface area contributed by atoms with E-state index in [0.29, 0.717) is 29.2 Å². The standard InChI is InChI=1S/C24H23N3O3/c1-29-21-12-19(13-22(14-21)30-2)23(24(26)28)27(16-18-6-4-3-5-7-18)20-10-8-17(15-25)9-11-20/h3-14,23H,16H2,1-2H3,(H2,26,28). The van der Waals surface area contributed by atoms with E-state index in [1.807, 2.05) is 47.4 Å². The first kappa shape index (κ1) is 20.7. The molecule has 30 heavy (non-hydrogen) atoms. The van der Waals surface area contributed by atoms with Gasteiger partial charge in [-0.15, -0.1) is 0 Å². The van der Waals surface area contributed by atoms with E-state index in [2.05, 4.69) is 6.07 Å². The molecule has 0 saturated heterocycles. The number of nitrogens with two attached hydrogens (primary N) is 1. The van der Waals surface area contributed by atoms with Crippen LogP contribution in [0.15, 0.2) is 72.8 Å². The molecular formula is C24H23N3O3. The average molecular weight is 401 g/mol. The topological polar surface area (TPSA) is 88.6 Å². The maximum Gasteiger partial charge on any atom is 0.244 e. The predicted octanol–water partition coefficient (Wildman–Crippen LogP) is 3.81. The minimum absolute atomic E-state index is 0.444. The summed E-state index contributed by atoms with van der Waals surface area (Å²) in [4.78, 5) is 14.6. The Morgan fingerprint density at radius 1 is 1.00 bits per heavy atom. The van der Waals surface area contributed by atoms with Crippen molar-refractivity contribution in [3.63, 3.8) is 0 Å². The van der Waals surface area contributed by atoms with Gasteiger partial charge in [0.15, 0.2) is 0 Å². The van der Waals surface area contributed by atoms with Gasteiger partial charge in [-0.3, -0.25) is 4.79 Å². The second-order valence-electron chi connectivity index (χ2n) is 6.72. The number of methoxy groups -OCH3 is 2. The SMILES string of the molecule is COc1cc(OC)cc(C(C(N)=O)N(Cc2ccccc2)c2ccc(C#N)cc2)c1. The molecule has 2 N–H and O–H groups in total. The third kappa shape index (κ3) is 4.70. The van der Waals surface area contributed by atoms with Crippen LogP contribution in [0, 0.1) is 11.3 Å². The second-order valence-corrected chi connectivity index (χ2v) is 6.72. The van der Waals surface area contributed by atoms with Crippen LogP contribution in [0.1, 0.15) is 22.7 Å². The number of primary amides is 1. The maximum atomic E-state index is 12.7. The molecule has 6 nitrogen and oxygen atoms in total. The normalized spacial score (nSPS) is 11.2. The third-order valence-electron chi connectivity index (χ3n) is 4.79. The molecular weight excluding hydrogens is 378 g/mol.